The number of fused-ring (bicyclic) bond motifs is 5. The van der Waals surface area contributed by atoms with Crippen molar-refractivity contribution < 1.29 is 17.9 Å². The summed E-state index contributed by atoms with van der Waals surface area (Å²) in [5.41, 5.74) is 6.65. The molecule has 178 valence electrons. The Hall–Kier alpha value is -3.60. The molecule has 3 aromatic carbocycles. The van der Waals surface area contributed by atoms with Gasteiger partial charge in [0.2, 0.25) is 0 Å². The monoisotopic (exact) mass is 473 g/mol. The van der Waals surface area contributed by atoms with Gasteiger partial charge in [0.1, 0.15) is 5.75 Å². The van der Waals surface area contributed by atoms with Crippen LogP contribution in [-0.4, -0.2) is 12.6 Å². The number of alkyl halides is 3. The van der Waals surface area contributed by atoms with Crippen LogP contribution in [0.5, 0.6) is 5.75 Å². The van der Waals surface area contributed by atoms with E-state index in [0.717, 1.165) is 36.1 Å². The second kappa shape index (κ2) is 9.57. The Morgan fingerprint density at radius 3 is 2.51 bits per heavy atom. The standard InChI is InChI=1S/C20H17F3O.C10H9N/c1-12-4-2-5-14-13(12)8-9-17-15-6-3-7-19(24-20(21,22)23)18(15)11-10-16(14)17;1-2-4-10-6-8-11-7-5-9(10)3-1/h3,6-9,11H,2,4-5,10H2,1H3;1-5,7-8H,6H2. The van der Waals surface area contributed by atoms with E-state index in [4.69, 9.17) is 0 Å². The van der Waals surface area contributed by atoms with Crippen LogP contribution in [0.15, 0.2) is 65.8 Å². The van der Waals surface area contributed by atoms with E-state index in [2.05, 4.69) is 47.0 Å². The third-order valence-electron chi connectivity index (χ3n) is 6.77. The molecule has 0 unspecified atom stereocenters. The highest BCUT2D eigenvalue weighted by Gasteiger charge is 2.31. The summed E-state index contributed by atoms with van der Waals surface area (Å²) >= 11 is 0. The van der Waals surface area contributed by atoms with E-state index >= 15 is 0 Å². The van der Waals surface area contributed by atoms with Crippen molar-refractivity contribution in [1.82, 2.24) is 0 Å². The number of aliphatic imine (C=N–C) groups is 1. The van der Waals surface area contributed by atoms with E-state index < -0.39 is 6.36 Å². The van der Waals surface area contributed by atoms with E-state index in [1.807, 2.05) is 36.7 Å². The van der Waals surface area contributed by atoms with Crippen LogP contribution in [0.25, 0.3) is 17.7 Å². The van der Waals surface area contributed by atoms with Gasteiger partial charge in [-0.2, -0.15) is 0 Å². The fourth-order valence-corrected chi connectivity index (χ4v) is 5.15. The van der Waals surface area contributed by atoms with Crippen molar-refractivity contribution in [1.29, 1.82) is 0 Å². The van der Waals surface area contributed by atoms with Gasteiger partial charge in [-0.1, -0.05) is 60.2 Å². The third-order valence-corrected chi connectivity index (χ3v) is 6.77. The molecule has 6 rings (SSSR count). The minimum absolute atomic E-state index is 0.119. The Morgan fingerprint density at radius 2 is 1.66 bits per heavy atom. The molecular formula is C30H26F3NO. The van der Waals surface area contributed by atoms with Crippen LogP contribution in [0.2, 0.25) is 0 Å². The lowest BCUT2D eigenvalue weighted by Gasteiger charge is -2.19. The summed E-state index contributed by atoms with van der Waals surface area (Å²) in [4.78, 5) is 4.08. The maximum absolute atomic E-state index is 12.6. The molecule has 0 N–H and O–H groups in total. The molecule has 2 nitrogen and oxygen atoms in total. The first-order valence-electron chi connectivity index (χ1n) is 11.9. The molecular weight excluding hydrogens is 447 g/mol. The zero-order chi connectivity index (χ0) is 24.4. The van der Waals surface area contributed by atoms with Crippen LogP contribution in [-0.2, 0) is 19.3 Å². The van der Waals surface area contributed by atoms with Crippen molar-refractivity contribution in [3.05, 3.63) is 104 Å². The number of hydrogen-bond donors (Lipinski definition) is 0. The molecule has 0 fully saturated rings. The van der Waals surface area contributed by atoms with Crippen molar-refractivity contribution in [2.75, 3.05) is 0 Å². The summed E-state index contributed by atoms with van der Waals surface area (Å²) in [6.45, 7) is 2.17. The number of benzene rings is 3. The predicted octanol–water partition coefficient (Wildman–Crippen LogP) is 6.00. The molecule has 3 aliphatic rings. The Kier molecular flexibility index (Phi) is 6.33. The number of hydrogen-bond acceptors (Lipinski definition) is 2. The maximum atomic E-state index is 12.6. The minimum Gasteiger partial charge on any atom is -0.405 e. The summed E-state index contributed by atoms with van der Waals surface area (Å²) in [6, 6.07) is 17.4. The minimum atomic E-state index is -4.68. The first-order valence-corrected chi connectivity index (χ1v) is 11.9. The zero-order valence-corrected chi connectivity index (χ0v) is 19.5. The van der Waals surface area contributed by atoms with E-state index in [0.29, 0.717) is 11.6 Å². The normalized spacial score (nSPS) is 15.4. The van der Waals surface area contributed by atoms with Gasteiger partial charge in [-0.3, -0.25) is 4.99 Å². The van der Waals surface area contributed by atoms with Gasteiger partial charge in [0.25, 0.3) is 0 Å². The van der Waals surface area contributed by atoms with Gasteiger partial charge in [0.05, 0.1) is 0 Å². The summed E-state index contributed by atoms with van der Waals surface area (Å²) in [5.74, 6) is -0.119. The molecule has 0 saturated heterocycles. The van der Waals surface area contributed by atoms with Crippen molar-refractivity contribution >= 4 is 23.9 Å². The van der Waals surface area contributed by atoms with E-state index in [1.165, 1.54) is 39.1 Å². The largest absolute Gasteiger partial charge is 0.573 e. The molecule has 0 amide bonds. The summed E-state index contributed by atoms with van der Waals surface area (Å²) in [5, 5.41) is 3.72. The molecule has 0 spiro atoms. The first-order chi connectivity index (χ1) is 16.9. The predicted molar refractivity (Wildman–Crippen MR) is 134 cm³/mol. The Morgan fingerprint density at radius 1 is 0.829 bits per heavy atom. The second-order valence-corrected chi connectivity index (χ2v) is 8.98. The molecule has 0 radical (unpaired) electrons. The first kappa shape index (κ1) is 23.2. The molecule has 0 saturated carbocycles. The third kappa shape index (κ3) is 4.95. The fraction of sp³-hybridized carbons (Fsp3) is 0.233. The van der Waals surface area contributed by atoms with Gasteiger partial charge in [0, 0.05) is 24.1 Å². The highest BCUT2D eigenvalue weighted by molar-refractivity contribution is 5.69. The lowest BCUT2D eigenvalue weighted by atomic mass is 9.86. The number of ether oxygens (including phenoxy) is 1. The van der Waals surface area contributed by atoms with Crippen LogP contribution < -0.4 is 15.2 Å². The molecule has 2 aliphatic carbocycles. The molecule has 1 aliphatic heterocycles. The second-order valence-electron chi connectivity index (χ2n) is 8.98. The molecule has 5 heteroatoms. The van der Waals surface area contributed by atoms with Crippen molar-refractivity contribution in [2.24, 2.45) is 4.99 Å². The maximum Gasteiger partial charge on any atom is 0.573 e. The average molecular weight is 474 g/mol. The van der Waals surface area contributed by atoms with Gasteiger partial charge >= 0.3 is 6.36 Å². The molecule has 1 heterocycles. The highest BCUT2D eigenvalue weighted by atomic mass is 19.4. The van der Waals surface area contributed by atoms with Crippen LogP contribution in [0.3, 0.4) is 0 Å². The molecule has 3 aromatic rings. The van der Waals surface area contributed by atoms with Gasteiger partial charge in [-0.15, -0.1) is 13.2 Å². The smallest absolute Gasteiger partial charge is 0.405 e. The van der Waals surface area contributed by atoms with Crippen molar-refractivity contribution in [3.63, 3.8) is 0 Å². The lowest BCUT2D eigenvalue weighted by molar-refractivity contribution is -0.275. The summed E-state index contributed by atoms with van der Waals surface area (Å²) in [6.07, 6.45) is 7.90. The summed E-state index contributed by atoms with van der Waals surface area (Å²) < 4.78 is 42.1. The molecule has 35 heavy (non-hydrogen) atoms. The van der Waals surface area contributed by atoms with Crippen LogP contribution in [0, 0.1) is 10.4 Å². The van der Waals surface area contributed by atoms with Gasteiger partial charge in [0.15, 0.2) is 0 Å². The quantitative estimate of drug-likeness (QED) is 0.425. The van der Waals surface area contributed by atoms with E-state index in [-0.39, 0.29) is 5.75 Å². The van der Waals surface area contributed by atoms with E-state index in [9.17, 15) is 13.2 Å². The highest BCUT2D eigenvalue weighted by Crippen LogP contribution is 2.23. The number of nitrogens with zero attached hydrogens (tertiary/aromatic N) is 1. The van der Waals surface area contributed by atoms with Crippen molar-refractivity contribution in [2.45, 2.75) is 45.4 Å². The van der Waals surface area contributed by atoms with Gasteiger partial charge < -0.3 is 4.74 Å². The average Bonchev–Trinajstić information content (AvgIpc) is 3.09. The molecule has 0 atom stereocenters. The lowest BCUT2D eigenvalue weighted by Crippen LogP contribution is -2.25. The van der Waals surface area contributed by atoms with E-state index in [1.54, 1.807) is 6.07 Å². The van der Waals surface area contributed by atoms with Gasteiger partial charge in [-0.25, -0.2) is 0 Å². The molecule has 0 bridgehead atoms. The Balaban J connectivity index is 0.000000192. The van der Waals surface area contributed by atoms with Crippen molar-refractivity contribution in [3.8, 4) is 5.75 Å². The molecule has 0 aromatic heterocycles. The van der Waals surface area contributed by atoms with Crippen LogP contribution in [0.4, 0.5) is 13.2 Å². The Bertz CT molecular complexity index is 1550. The van der Waals surface area contributed by atoms with Crippen LogP contribution in [0.1, 0.15) is 42.0 Å². The fourth-order valence-electron chi connectivity index (χ4n) is 5.15. The number of halogens is 3. The number of rotatable bonds is 1. The zero-order valence-electron chi connectivity index (χ0n) is 19.5. The summed E-state index contributed by atoms with van der Waals surface area (Å²) in [7, 11) is 0. The van der Waals surface area contributed by atoms with Crippen LogP contribution >= 0.6 is 0 Å². The Labute approximate surface area is 202 Å². The SMILES string of the molecule is C1=Cc2ccccc2CC=N1.CC1=c2ccc3c(c2CCC1)CC=c1c(OC(F)(F)F)cccc1=3. The topological polar surface area (TPSA) is 21.6 Å². The van der Waals surface area contributed by atoms with Gasteiger partial charge in [-0.05, 0) is 82.7 Å².